The zero-order valence-corrected chi connectivity index (χ0v) is 15.8. The van der Waals surface area contributed by atoms with Crippen molar-refractivity contribution in [2.75, 3.05) is 17.6 Å². The highest BCUT2D eigenvalue weighted by atomic mass is 35.5. The minimum Gasteiger partial charge on any atom is -0.308 e. The quantitative estimate of drug-likeness (QED) is 0.704. The minimum atomic E-state index is -0.112. The van der Waals surface area contributed by atoms with Gasteiger partial charge in [-0.25, -0.2) is 4.79 Å². The lowest BCUT2D eigenvalue weighted by molar-refractivity contribution is 0.214. The highest BCUT2D eigenvalue weighted by Gasteiger charge is 2.32. The summed E-state index contributed by atoms with van der Waals surface area (Å²) >= 11 is 14.0. The summed E-state index contributed by atoms with van der Waals surface area (Å²) in [6.45, 7) is 4.77. The Bertz CT molecular complexity index is 782. The molecule has 1 aliphatic rings. The first-order chi connectivity index (χ1) is 11.5. The van der Waals surface area contributed by atoms with E-state index in [0.29, 0.717) is 16.6 Å². The summed E-state index contributed by atoms with van der Waals surface area (Å²) in [6, 6.07) is 11.2. The van der Waals surface area contributed by atoms with E-state index in [1.807, 2.05) is 36.1 Å². The number of nitrogens with one attached hydrogen (secondary N) is 1. The van der Waals surface area contributed by atoms with Gasteiger partial charge in [0.15, 0.2) is 0 Å². The third kappa shape index (κ3) is 3.66. The molecule has 0 aliphatic carbocycles. The van der Waals surface area contributed by atoms with E-state index in [0.717, 1.165) is 22.6 Å². The molecule has 0 saturated carbocycles. The zero-order valence-electron chi connectivity index (χ0n) is 13.5. The molecule has 1 N–H and O–H groups in total. The molecule has 6 heteroatoms. The molecule has 0 spiro atoms. The van der Waals surface area contributed by atoms with E-state index in [2.05, 4.69) is 12.2 Å². The van der Waals surface area contributed by atoms with Crippen molar-refractivity contribution in [3.63, 3.8) is 0 Å². The molecule has 0 radical (unpaired) electrons. The average molecular weight is 381 g/mol. The first kappa shape index (κ1) is 17.5. The Kier molecular flexibility index (Phi) is 5.28. The van der Waals surface area contributed by atoms with Crippen molar-refractivity contribution in [1.82, 2.24) is 4.90 Å². The third-order valence-corrected chi connectivity index (χ3v) is 5.94. The minimum absolute atomic E-state index is 0.0960. The average Bonchev–Trinajstić information content (AvgIpc) is 3.00. The molecule has 1 aliphatic heterocycles. The van der Waals surface area contributed by atoms with Crippen LogP contribution in [-0.4, -0.2) is 23.2 Å². The lowest BCUT2D eigenvalue weighted by Gasteiger charge is -2.25. The van der Waals surface area contributed by atoms with Gasteiger partial charge in [-0.2, -0.15) is 0 Å². The number of benzene rings is 2. The Morgan fingerprint density at radius 2 is 1.96 bits per heavy atom. The largest absolute Gasteiger partial charge is 0.323 e. The number of thioether (sulfide) groups is 1. The summed E-state index contributed by atoms with van der Waals surface area (Å²) in [5.41, 5.74) is 4.08. The fraction of sp³-hybridized carbons (Fsp3) is 0.278. The van der Waals surface area contributed by atoms with E-state index in [4.69, 9.17) is 23.2 Å². The molecule has 3 rings (SSSR count). The number of carbonyl (C=O) groups excluding carboxylic acids is 1. The van der Waals surface area contributed by atoms with Crippen LogP contribution in [0.4, 0.5) is 10.5 Å². The Balaban J connectivity index is 1.79. The number of nitrogens with zero attached hydrogens (tertiary/aromatic N) is 1. The number of urea groups is 1. The van der Waals surface area contributed by atoms with Crippen LogP contribution in [0.25, 0.3) is 0 Å². The molecular formula is C18H18Cl2N2OS. The lowest BCUT2D eigenvalue weighted by Crippen LogP contribution is -2.34. The molecule has 0 unspecified atom stereocenters. The van der Waals surface area contributed by atoms with Gasteiger partial charge in [-0.3, -0.25) is 0 Å². The number of carbonyl (C=O) groups is 1. The van der Waals surface area contributed by atoms with E-state index in [-0.39, 0.29) is 11.4 Å². The van der Waals surface area contributed by atoms with Gasteiger partial charge in [-0.05, 0) is 49.2 Å². The van der Waals surface area contributed by atoms with Gasteiger partial charge in [0, 0.05) is 33.6 Å². The fourth-order valence-electron chi connectivity index (χ4n) is 2.65. The molecule has 1 saturated heterocycles. The summed E-state index contributed by atoms with van der Waals surface area (Å²) in [7, 11) is 0. The van der Waals surface area contributed by atoms with Gasteiger partial charge in [0.05, 0.1) is 0 Å². The second kappa shape index (κ2) is 7.26. The second-order valence-electron chi connectivity index (χ2n) is 5.81. The normalized spacial score (nSPS) is 17.2. The number of halogens is 2. The van der Waals surface area contributed by atoms with Crippen molar-refractivity contribution in [1.29, 1.82) is 0 Å². The van der Waals surface area contributed by atoms with Gasteiger partial charge < -0.3 is 10.2 Å². The molecule has 126 valence electrons. The Morgan fingerprint density at radius 1 is 1.17 bits per heavy atom. The molecule has 1 fully saturated rings. The number of amides is 2. The summed E-state index contributed by atoms with van der Waals surface area (Å²) in [6.07, 6.45) is 0. The number of hydrogen-bond acceptors (Lipinski definition) is 2. The first-order valence-electron chi connectivity index (χ1n) is 7.67. The van der Waals surface area contributed by atoms with Crippen molar-refractivity contribution in [2.24, 2.45) is 0 Å². The van der Waals surface area contributed by atoms with Crippen LogP contribution < -0.4 is 5.32 Å². The lowest BCUT2D eigenvalue weighted by atomic mass is 10.1. The maximum absolute atomic E-state index is 12.7. The van der Waals surface area contributed by atoms with Crippen LogP contribution >= 0.6 is 35.0 Å². The number of aryl methyl sites for hydroxylation is 2. The SMILES string of the molecule is Cc1ccc(NC(=O)N2CCS[C@H]2c2ccc(Cl)cc2Cl)cc1C. The summed E-state index contributed by atoms with van der Waals surface area (Å²) < 4.78 is 0. The smallest absolute Gasteiger partial charge is 0.308 e. The molecule has 0 bridgehead atoms. The monoisotopic (exact) mass is 380 g/mol. The molecule has 24 heavy (non-hydrogen) atoms. The van der Waals surface area contributed by atoms with Gasteiger partial charge in [-0.15, -0.1) is 11.8 Å². The highest BCUT2D eigenvalue weighted by Crippen LogP contribution is 2.41. The summed E-state index contributed by atoms with van der Waals surface area (Å²) in [5, 5.41) is 4.08. The molecule has 2 amide bonds. The maximum Gasteiger partial charge on any atom is 0.323 e. The van der Waals surface area contributed by atoms with Crippen LogP contribution in [0.3, 0.4) is 0 Å². The summed E-state index contributed by atoms with van der Waals surface area (Å²) in [5.74, 6) is 0.879. The van der Waals surface area contributed by atoms with Crippen LogP contribution in [0.5, 0.6) is 0 Å². The van der Waals surface area contributed by atoms with Crippen LogP contribution in [0.1, 0.15) is 22.1 Å². The van der Waals surface area contributed by atoms with E-state index >= 15 is 0 Å². The number of hydrogen-bond donors (Lipinski definition) is 1. The number of rotatable bonds is 2. The predicted octanol–water partition coefficient (Wildman–Crippen LogP) is 5.89. The molecular weight excluding hydrogens is 363 g/mol. The third-order valence-electron chi connectivity index (χ3n) is 4.14. The highest BCUT2D eigenvalue weighted by molar-refractivity contribution is 7.99. The van der Waals surface area contributed by atoms with Crippen molar-refractivity contribution in [3.05, 3.63) is 63.1 Å². The topological polar surface area (TPSA) is 32.3 Å². The van der Waals surface area contributed by atoms with Crippen molar-refractivity contribution >= 4 is 46.7 Å². The van der Waals surface area contributed by atoms with E-state index in [1.54, 1.807) is 23.9 Å². The number of anilines is 1. The first-order valence-corrected chi connectivity index (χ1v) is 9.47. The van der Waals surface area contributed by atoms with Crippen LogP contribution in [0.15, 0.2) is 36.4 Å². The van der Waals surface area contributed by atoms with Crippen molar-refractivity contribution < 1.29 is 4.79 Å². The summed E-state index contributed by atoms with van der Waals surface area (Å²) in [4.78, 5) is 14.5. The standard InChI is InChI=1S/C18H18Cl2N2OS/c1-11-3-5-14(9-12(11)2)21-18(23)22-7-8-24-17(22)15-6-4-13(19)10-16(15)20/h3-6,9-10,17H,7-8H2,1-2H3,(H,21,23)/t17-/m0/s1. The zero-order chi connectivity index (χ0) is 17.3. The van der Waals surface area contributed by atoms with E-state index in [9.17, 15) is 4.79 Å². The van der Waals surface area contributed by atoms with Crippen LogP contribution in [0, 0.1) is 13.8 Å². The van der Waals surface area contributed by atoms with Gasteiger partial charge >= 0.3 is 6.03 Å². The predicted molar refractivity (Wildman–Crippen MR) is 103 cm³/mol. The van der Waals surface area contributed by atoms with Crippen LogP contribution in [-0.2, 0) is 0 Å². The second-order valence-corrected chi connectivity index (χ2v) is 7.84. The molecule has 2 aromatic carbocycles. The molecule has 1 atom stereocenters. The Labute approximate surface area is 156 Å². The van der Waals surface area contributed by atoms with Gasteiger partial charge in [-0.1, -0.05) is 35.3 Å². The molecule has 0 aromatic heterocycles. The van der Waals surface area contributed by atoms with Gasteiger partial charge in [0.2, 0.25) is 0 Å². The maximum atomic E-state index is 12.7. The Morgan fingerprint density at radius 3 is 2.67 bits per heavy atom. The van der Waals surface area contributed by atoms with E-state index in [1.165, 1.54) is 5.56 Å². The van der Waals surface area contributed by atoms with E-state index < -0.39 is 0 Å². The van der Waals surface area contributed by atoms with Crippen molar-refractivity contribution in [3.8, 4) is 0 Å². The molecule has 3 nitrogen and oxygen atoms in total. The van der Waals surface area contributed by atoms with Gasteiger partial charge in [0.1, 0.15) is 5.37 Å². The van der Waals surface area contributed by atoms with Crippen molar-refractivity contribution in [2.45, 2.75) is 19.2 Å². The molecule has 2 aromatic rings. The fourth-order valence-corrected chi connectivity index (χ4v) is 4.52. The van der Waals surface area contributed by atoms with Gasteiger partial charge in [0.25, 0.3) is 0 Å². The molecule has 1 heterocycles. The Hall–Kier alpha value is -1.36. The van der Waals surface area contributed by atoms with Crippen LogP contribution in [0.2, 0.25) is 10.0 Å².